The van der Waals surface area contributed by atoms with Crippen LogP contribution in [-0.2, 0) is 0 Å². The van der Waals surface area contributed by atoms with E-state index in [1.54, 1.807) is 7.11 Å². The van der Waals surface area contributed by atoms with Gasteiger partial charge in [0, 0.05) is 17.5 Å². The lowest BCUT2D eigenvalue weighted by molar-refractivity contribution is 0.0962. The van der Waals surface area contributed by atoms with Crippen LogP contribution in [0.25, 0.3) is 0 Å². The van der Waals surface area contributed by atoms with Crippen molar-refractivity contribution in [1.29, 1.82) is 0 Å². The summed E-state index contributed by atoms with van der Waals surface area (Å²) < 4.78 is 5.52. The zero-order chi connectivity index (χ0) is 12.6. The maximum atomic E-state index is 12.0. The molecule has 0 aromatic heterocycles. The number of Topliss-reactive ketones (excluding diaryl/α,β-unsaturated/α-hetero) is 1. The Hall–Kier alpha value is -1.31. The summed E-state index contributed by atoms with van der Waals surface area (Å²) in [5.41, 5.74) is 3.13. The van der Waals surface area contributed by atoms with Gasteiger partial charge >= 0.3 is 0 Å². The zero-order valence-electron chi connectivity index (χ0n) is 11.0. The quantitative estimate of drug-likeness (QED) is 0.776. The Labute approximate surface area is 103 Å². The van der Waals surface area contributed by atoms with Crippen LogP contribution >= 0.6 is 0 Å². The molecule has 0 saturated heterocycles. The molecule has 2 rings (SSSR count). The fourth-order valence-corrected chi connectivity index (χ4v) is 2.82. The SMILES string of the molecule is COc1c(C)ccc2c1C(C(C)C)CCC2=O. The van der Waals surface area contributed by atoms with Crippen molar-refractivity contribution in [2.45, 2.75) is 39.5 Å². The highest BCUT2D eigenvalue weighted by Gasteiger charge is 2.31. The first-order chi connectivity index (χ1) is 8.06. The van der Waals surface area contributed by atoms with Gasteiger partial charge in [0.15, 0.2) is 5.78 Å². The Morgan fingerprint density at radius 2 is 2.06 bits per heavy atom. The van der Waals surface area contributed by atoms with Crippen LogP contribution < -0.4 is 4.74 Å². The maximum Gasteiger partial charge on any atom is 0.163 e. The molecule has 2 heteroatoms. The van der Waals surface area contributed by atoms with Crippen LogP contribution in [-0.4, -0.2) is 12.9 Å². The molecule has 1 unspecified atom stereocenters. The highest BCUT2D eigenvalue weighted by Crippen LogP contribution is 2.43. The third-order valence-corrected chi connectivity index (χ3v) is 3.76. The Kier molecular flexibility index (Phi) is 3.23. The molecule has 0 fully saturated rings. The number of carbonyl (C=O) groups is 1. The van der Waals surface area contributed by atoms with Gasteiger partial charge in [-0.2, -0.15) is 0 Å². The van der Waals surface area contributed by atoms with E-state index in [0.29, 0.717) is 18.3 Å². The standard InChI is InChI=1S/C15H20O2/c1-9(2)11-7-8-13(16)12-6-5-10(3)15(17-4)14(11)12/h5-6,9,11H,7-8H2,1-4H3. The van der Waals surface area contributed by atoms with E-state index in [2.05, 4.69) is 13.8 Å². The zero-order valence-corrected chi connectivity index (χ0v) is 11.0. The van der Waals surface area contributed by atoms with Gasteiger partial charge in [0.25, 0.3) is 0 Å². The van der Waals surface area contributed by atoms with Crippen molar-refractivity contribution in [3.8, 4) is 5.75 Å². The average molecular weight is 232 g/mol. The molecule has 1 atom stereocenters. The molecule has 1 aliphatic rings. The summed E-state index contributed by atoms with van der Waals surface area (Å²) in [6.45, 7) is 6.47. The molecule has 0 saturated carbocycles. The lowest BCUT2D eigenvalue weighted by Crippen LogP contribution is -2.20. The van der Waals surface area contributed by atoms with Crippen LogP contribution in [0.3, 0.4) is 0 Å². The summed E-state index contributed by atoms with van der Waals surface area (Å²) in [5, 5.41) is 0. The van der Waals surface area contributed by atoms with Crippen molar-refractivity contribution in [2.24, 2.45) is 5.92 Å². The topological polar surface area (TPSA) is 26.3 Å². The normalized spacial score (nSPS) is 19.4. The summed E-state index contributed by atoms with van der Waals surface area (Å²) in [7, 11) is 1.69. The van der Waals surface area contributed by atoms with E-state index in [1.807, 2.05) is 19.1 Å². The highest BCUT2D eigenvalue weighted by molar-refractivity contribution is 5.99. The van der Waals surface area contributed by atoms with Crippen molar-refractivity contribution in [3.05, 3.63) is 28.8 Å². The minimum atomic E-state index is 0.259. The minimum Gasteiger partial charge on any atom is -0.496 e. The molecule has 17 heavy (non-hydrogen) atoms. The number of fused-ring (bicyclic) bond motifs is 1. The Morgan fingerprint density at radius 3 is 2.65 bits per heavy atom. The molecule has 0 bridgehead atoms. The number of benzene rings is 1. The summed E-state index contributed by atoms with van der Waals surface area (Å²) in [6, 6.07) is 3.95. The first-order valence-corrected chi connectivity index (χ1v) is 6.27. The fraction of sp³-hybridized carbons (Fsp3) is 0.533. The van der Waals surface area contributed by atoms with Gasteiger partial charge in [-0.25, -0.2) is 0 Å². The van der Waals surface area contributed by atoms with Crippen LogP contribution in [0.2, 0.25) is 0 Å². The number of rotatable bonds is 2. The van der Waals surface area contributed by atoms with Gasteiger partial charge in [-0.15, -0.1) is 0 Å². The van der Waals surface area contributed by atoms with Crippen molar-refractivity contribution < 1.29 is 9.53 Å². The lowest BCUT2D eigenvalue weighted by atomic mass is 9.75. The van der Waals surface area contributed by atoms with Gasteiger partial charge in [-0.05, 0) is 30.7 Å². The highest BCUT2D eigenvalue weighted by atomic mass is 16.5. The van der Waals surface area contributed by atoms with E-state index in [4.69, 9.17) is 4.74 Å². The maximum absolute atomic E-state index is 12.0. The second-order valence-electron chi connectivity index (χ2n) is 5.19. The molecule has 1 aromatic rings. The van der Waals surface area contributed by atoms with E-state index >= 15 is 0 Å². The second-order valence-corrected chi connectivity index (χ2v) is 5.19. The predicted octanol–water partition coefficient (Wildman–Crippen LogP) is 3.72. The fourth-order valence-electron chi connectivity index (χ4n) is 2.82. The van der Waals surface area contributed by atoms with Gasteiger partial charge < -0.3 is 4.74 Å². The van der Waals surface area contributed by atoms with E-state index in [0.717, 1.165) is 28.9 Å². The molecule has 0 N–H and O–H groups in total. The van der Waals surface area contributed by atoms with Gasteiger partial charge in [0.05, 0.1) is 7.11 Å². The lowest BCUT2D eigenvalue weighted by Gasteiger charge is -2.30. The van der Waals surface area contributed by atoms with Gasteiger partial charge in [-0.1, -0.05) is 26.0 Å². The average Bonchev–Trinajstić information content (AvgIpc) is 2.28. The molecule has 1 aliphatic carbocycles. The van der Waals surface area contributed by atoms with Crippen LogP contribution in [0, 0.1) is 12.8 Å². The molecule has 1 aromatic carbocycles. The van der Waals surface area contributed by atoms with Crippen LogP contribution in [0.4, 0.5) is 0 Å². The van der Waals surface area contributed by atoms with Gasteiger partial charge in [-0.3, -0.25) is 4.79 Å². The van der Waals surface area contributed by atoms with Gasteiger partial charge in [0.2, 0.25) is 0 Å². The number of hydrogen-bond donors (Lipinski definition) is 0. The summed E-state index contributed by atoms with van der Waals surface area (Å²) in [6.07, 6.45) is 1.62. The number of aryl methyl sites for hydroxylation is 1. The molecule has 0 radical (unpaired) electrons. The first kappa shape index (κ1) is 12.2. The second kappa shape index (κ2) is 4.52. The van der Waals surface area contributed by atoms with Crippen molar-refractivity contribution in [2.75, 3.05) is 7.11 Å². The van der Waals surface area contributed by atoms with E-state index in [1.165, 1.54) is 0 Å². The largest absolute Gasteiger partial charge is 0.496 e. The number of hydrogen-bond acceptors (Lipinski definition) is 2. The Balaban J connectivity index is 2.64. The minimum absolute atomic E-state index is 0.259. The molecule has 2 nitrogen and oxygen atoms in total. The van der Waals surface area contributed by atoms with E-state index in [-0.39, 0.29) is 5.78 Å². The number of methoxy groups -OCH3 is 1. The summed E-state index contributed by atoms with van der Waals surface area (Å²) >= 11 is 0. The Morgan fingerprint density at radius 1 is 1.35 bits per heavy atom. The van der Waals surface area contributed by atoms with Gasteiger partial charge in [0.1, 0.15) is 5.75 Å². The van der Waals surface area contributed by atoms with Crippen LogP contribution in [0.5, 0.6) is 5.75 Å². The third kappa shape index (κ3) is 1.97. The number of carbonyl (C=O) groups excluding carboxylic acids is 1. The molecular weight excluding hydrogens is 212 g/mol. The van der Waals surface area contributed by atoms with Crippen LogP contribution in [0.1, 0.15) is 54.1 Å². The monoisotopic (exact) mass is 232 g/mol. The summed E-state index contributed by atoms with van der Waals surface area (Å²) in [5.74, 6) is 2.15. The molecule has 0 amide bonds. The Bertz CT molecular complexity index is 446. The van der Waals surface area contributed by atoms with Crippen molar-refractivity contribution >= 4 is 5.78 Å². The summed E-state index contributed by atoms with van der Waals surface area (Å²) in [4.78, 5) is 12.0. The molecule has 0 aliphatic heterocycles. The van der Waals surface area contributed by atoms with E-state index < -0.39 is 0 Å². The van der Waals surface area contributed by atoms with Crippen molar-refractivity contribution in [1.82, 2.24) is 0 Å². The third-order valence-electron chi connectivity index (χ3n) is 3.76. The number of ketones is 1. The predicted molar refractivity (Wildman–Crippen MR) is 68.9 cm³/mol. The number of ether oxygens (including phenoxy) is 1. The molecule has 92 valence electrons. The molecular formula is C15H20O2. The van der Waals surface area contributed by atoms with Crippen molar-refractivity contribution in [3.63, 3.8) is 0 Å². The first-order valence-electron chi connectivity index (χ1n) is 6.27. The van der Waals surface area contributed by atoms with E-state index in [9.17, 15) is 4.79 Å². The molecule has 0 heterocycles. The smallest absolute Gasteiger partial charge is 0.163 e. The molecule has 0 spiro atoms. The van der Waals surface area contributed by atoms with Crippen LogP contribution in [0.15, 0.2) is 12.1 Å².